The van der Waals surface area contributed by atoms with Gasteiger partial charge in [-0.2, -0.15) is 0 Å². The third kappa shape index (κ3) is 1.99. The molecule has 1 aromatic heterocycles. The Morgan fingerprint density at radius 1 is 1.57 bits per heavy atom. The van der Waals surface area contributed by atoms with Crippen LogP contribution in [0.4, 0.5) is 0 Å². The molecule has 78 valence electrons. The van der Waals surface area contributed by atoms with Crippen LogP contribution >= 0.6 is 11.3 Å². The Balaban J connectivity index is 2.10. The Bertz CT molecular complexity index is 396. The molecule has 1 fully saturated rings. The Morgan fingerprint density at radius 3 is 2.86 bits per heavy atom. The molecule has 0 amide bonds. The molecule has 1 saturated heterocycles. The zero-order valence-corrected chi connectivity index (χ0v) is 9.64. The van der Waals surface area contributed by atoms with E-state index in [0.29, 0.717) is 19.0 Å². The molecular weight excluding hydrogens is 218 g/mol. The van der Waals surface area contributed by atoms with Crippen molar-refractivity contribution in [2.45, 2.75) is 12.3 Å². The monoisotopic (exact) mass is 231 g/mol. The molecule has 0 saturated carbocycles. The van der Waals surface area contributed by atoms with Crippen molar-refractivity contribution in [2.24, 2.45) is 0 Å². The summed E-state index contributed by atoms with van der Waals surface area (Å²) in [6.45, 7) is 1.32. The standard InChI is InChI=1S/C9H13NO2S2/c1-14(11,12)10-5-4-8(7-10)9-3-2-6-13-9/h2-3,6,8H,4-5,7H2,1H3. The molecule has 1 aliphatic heterocycles. The second-order valence-corrected chi connectivity index (χ2v) is 6.58. The van der Waals surface area contributed by atoms with Crippen LogP contribution < -0.4 is 0 Å². The number of hydrogen-bond acceptors (Lipinski definition) is 3. The normalized spacial score (nSPS) is 24.2. The summed E-state index contributed by atoms with van der Waals surface area (Å²) >= 11 is 1.71. The molecule has 2 heterocycles. The molecule has 1 aromatic rings. The summed E-state index contributed by atoms with van der Waals surface area (Å²) in [7, 11) is -2.99. The summed E-state index contributed by atoms with van der Waals surface area (Å²) in [5.74, 6) is 0.407. The smallest absolute Gasteiger partial charge is 0.211 e. The fourth-order valence-electron chi connectivity index (χ4n) is 1.79. The Hall–Kier alpha value is -0.390. The zero-order chi connectivity index (χ0) is 10.2. The van der Waals surface area contributed by atoms with Gasteiger partial charge in [-0.25, -0.2) is 12.7 Å². The van der Waals surface area contributed by atoms with Gasteiger partial charge in [0.1, 0.15) is 0 Å². The van der Waals surface area contributed by atoms with Crippen molar-refractivity contribution in [1.82, 2.24) is 4.31 Å². The van der Waals surface area contributed by atoms with Crippen LogP contribution in [0.15, 0.2) is 17.5 Å². The molecule has 14 heavy (non-hydrogen) atoms. The van der Waals surface area contributed by atoms with Crippen molar-refractivity contribution in [3.63, 3.8) is 0 Å². The average Bonchev–Trinajstić information content (AvgIpc) is 2.73. The van der Waals surface area contributed by atoms with Crippen LogP contribution in [0.2, 0.25) is 0 Å². The van der Waals surface area contributed by atoms with Gasteiger partial charge in [0.15, 0.2) is 0 Å². The van der Waals surface area contributed by atoms with Crippen molar-refractivity contribution >= 4 is 21.4 Å². The molecule has 0 N–H and O–H groups in total. The molecule has 2 rings (SSSR count). The highest BCUT2D eigenvalue weighted by Gasteiger charge is 2.29. The molecule has 0 spiro atoms. The zero-order valence-electron chi connectivity index (χ0n) is 8.01. The molecule has 0 aromatic carbocycles. The van der Waals surface area contributed by atoms with Crippen LogP contribution in [0.5, 0.6) is 0 Å². The Morgan fingerprint density at radius 2 is 2.36 bits per heavy atom. The fourth-order valence-corrected chi connectivity index (χ4v) is 3.53. The Labute approximate surface area is 88.4 Å². The van der Waals surface area contributed by atoms with Gasteiger partial charge in [0.05, 0.1) is 6.26 Å². The molecule has 1 aliphatic rings. The molecular formula is C9H13NO2S2. The minimum atomic E-state index is -2.99. The minimum absolute atomic E-state index is 0.407. The van der Waals surface area contributed by atoms with E-state index >= 15 is 0 Å². The molecule has 3 nitrogen and oxygen atoms in total. The third-order valence-electron chi connectivity index (χ3n) is 2.57. The van der Waals surface area contributed by atoms with Gasteiger partial charge in [-0.3, -0.25) is 0 Å². The molecule has 0 radical (unpaired) electrons. The molecule has 0 aliphatic carbocycles. The maximum atomic E-state index is 11.3. The predicted octanol–water partition coefficient (Wildman–Crippen LogP) is 1.50. The average molecular weight is 231 g/mol. The lowest BCUT2D eigenvalue weighted by Crippen LogP contribution is -2.27. The van der Waals surface area contributed by atoms with Gasteiger partial charge in [-0.1, -0.05) is 6.07 Å². The molecule has 5 heteroatoms. The highest BCUT2D eigenvalue weighted by atomic mass is 32.2. The fraction of sp³-hybridized carbons (Fsp3) is 0.556. The molecule has 1 unspecified atom stereocenters. The van der Waals surface area contributed by atoms with E-state index in [9.17, 15) is 8.42 Å². The van der Waals surface area contributed by atoms with Crippen LogP contribution in [0, 0.1) is 0 Å². The maximum absolute atomic E-state index is 11.3. The van der Waals surface area contributed by atoms with Crippen LogP contribution in [-0.2, 0) is 10.0 Å². The summed E-state index contributed by atoms with van der Waals surface area (Å²) in [5.41, 5.74) is 0. The van der Waals surface area contributed by atoms with Crippen molar-refractivity contribution in [2.75, 3.05) is 19.3 Å². The van der Waals surface area contributed by atoms with E-state index in [0.717, 1.165) is 6.42 Å². The summed E-state index contributed by atoms with van der Waals surface area (Å²) < 4.78 is 24.1. The summed E-state index contributed by atoms with van der Waals surface area (Å²) in [6, 6.07) is 4.10. The van der Waals surface area contributed by atoms with Crippen LogP contribution in [-0.4, -0.2) is 32.1 Å². The summed E-state index contributed by atoms with van der Waals surface area (Å²) in [5, 5.41) is 2.04. The molecule has 0 bridgehead atoms. The first kappa shape index (κ1) is 10.1. The first-order valence-corrected chi connectivity index (χ1v) is 7.28. The topological polar surface area (TPSA) is 37.4 Å². The first-order valence-electron chi connectivity index (χ1n) is 4.56. The SMILES string of the molecule is CS(=O)(=O)N1CCC(c2cccs2)C1. The van der Waals surface area contributed by atoms with E-state index in [2.05, 4.69) is 6.07 Å². The largest absolute Gasteiger partial charge is 0.213 e. The van der Waals surface area contributed by atoms with Gasteiger partial charge in [0.2, 0.25) is 10.0 Å². The quantitative estimate of drug-likeness (QED) is 0.773. The second kappa shape index (κ2) is 3.64. The second-order valence-electron chi connectivity index (χ2n) is 3.62. The third-order valence-corrected chi connectivity index (χ3v) is 4.87. The van der Waals surface area contributed by atoms with Crippen LogP contribution in [0.3, 0.4) is 0 Å². The predicted molar refractivity (Wildman–Crippen MR) is 58.1 cm³/mol. The summed E-state index contributed by atoms with van der Waals surface area (Å²) in [4.78, 5) is 1.30. The highest BCUT2D eigenvalue weighted by Crippen LogP contribution is 2.31. The van der Waals surface area contributed by atoms with Crippen LogP contribution in [0.1, 0.15) is 17.2 Å². The van der Waals surface area contributed by atoms with Crippen LogP contribution in [0.25, 0.3) is 0 Å². The summed E-state index contributed by atoms with van der Waals surface area (Å²) in [6.07, 6.45) is 2.23. The highest BCUT2D eigenvalue weighted by molar-refractivity contribution is 7.88. The van der Waals surface area contributed by atoms with Gasteiger partial charge >= 0.3 is 0 Å². The van der Waals surface area contributed by atoms with E-state index in [-0.39, 0.29) is 0 Å². The lowest BCUT2D eigenvalue weighted by molar-refractivity contribution is 0.479. The molecule has 1 atom stereocenters. The van der Waals surface area contributed by atoms with Gasteiger partial charge in [-0.05, 0) is 17.9 Å². The van der Waals surface area contributed by atoms with E-state index in [1.165, 1.54) is 11.1 Å². The van der Waals surface area contributed by atoms with Gasteiger partial charge in [0, 0.05) is 23.9 Å². The van der Waals surface area contributed by atoms with Gasteiger partial charge < -0.3 is 0 Å². The van der Waals surface area contributed by atoms with E-state index in [1.54, 1.807) is 15.6 Å². The minimum Gasteiger partial charge on any atom is -0.213 e. The van der Waals surface area contributed by atoms with Gasteiger partial charge in [0.25, 0.3) is 0 Å². The lowest BCUT2D eigenvalue weighted by Gasteiger charge is -2.12. The van der Waals surface area contributed by atoms with Gasteiger partial charge in [-0.15, -0.1) is 11.3 Å². The number of thiophene rings is 1. The van der Waals surface area contributed by atoms with Crippen molar-refractivity contribution in [3.05, 3.63) is 22.4 Å². The van der Waals surface area contributed by atoms with Crippen molar-refractivity contribution in [1.29, 1.82) is 0 Å². The number of nitrogens with zero attached hydrogens (tertiary/aromatic N) is 1. The number of sulfonamides is 1. The first-order chi connectivity index (χ1) is 6.57. The van der Waals surface area contributed by atoms with Crippen molar-refractivity contribution in [3.8, 4) is 0 Å². The number of hydrogen-bond donors (Lipinski definition) is 0. The van der Waals surface area contributed by atoms with E-state index in [1.807, 2.05) is 11.4 Å². The Kier molecular flexibility index (Phi) is 2.64. The van der Waals surface area contributed by atoms with E-state index in [4.69, 9.17) is 0 Å². The number of rotatable bonds is 2. The van der Waals surface area contributed by atoms with E-state index < -0.39 is 10.0 Å². The lowest BCUT2D eigenvalue weighted by atomic mass is 10.1. The maximum Gasteiger partial charge on any atom is 0.211 e. The van der Waals surface area contributed by atoms with Crippen molar-refractivity contribution < 1.29 is 8.42 Å².